The van der Waals surface area contributed by atoms with E-state index in [4.69, 9.17) is 35.8 Å². The van der Waals surface area contributed by atoms with E-state index >= 15 is 0 Å². The zero-order chi connectivity index (χ0) is 26.5. The fourth-order valence-electron chi connectivity index (χ4n) is 6.71. The Hall–Kier alpha value is -3.11. The summed E-state index contributed by atoms with van der Waals surface area (Å²) in [6.07, 6.45) is 13.2. The molecule has 204 valence electrons. The number of rotatable bonds is 5. The van der Waals surface area contributed by atoms with Crippen LogP contribution in [0.2, 0.25) is 5.02 Å². The van der Waals surface area contributed by atoms with Gasteiger partial charge in [-0.3, -0.25) is 4.98 Å². The van der Waals surface area contributed by atoms with Crippen molar-refractivity contribution in [1.29, 1.82) is 0 Å². The zero-order valence-corrected chi connectivity index (χ0v) is 23.1. The Morgan fingerprint density at radius 3 is 2.67 bits per heavy atom. The molecule has 3 aliphatic rings. The molecule has 1 unspecified atom stereocenters. The van der Waals surface area contributed by atoms with E-state index in [-0.39, 0.29) is 12.1 Å². The molecule has 1 saturated heterocycles. The monoisotopic (exact) mass is 548 g/mol. The highest BCUT2D eigenvalue weighted by atomic mass is 35.5. The minimum absolute atomic E-state index is 0.201. The van der Waals surface area contributed by atoms with Gasteiger partial charge in [-0.1, -0.05) is 36.5 Å². The lowest BCUT2D eigenvalue weighted by Gasteiger charge is -2.43. The van der Waals surface area contributed by atoms with Gasteiger partial charge in [0.1, 0.15) is 11.2 Å². The van der Waals surface area contributed by atoms with Gasteiger partial charge in [-0.25, -0.2) is 9.97 Å². The first-order valence-electron chi connectivity index (χ1n) is 14.1. The molecule has 11 heteroatoms. The summed E-state index contributed by atoms with van der Waals surface area (Å²) in [5.41, 5.74) is 3.04. The summed E-state index contributed by atoms with van der Waals surface area (Å²) in [6.45, 7) is 6.16. The molecule has 4 aromatic heterocycles. The van der Waals surface area contributed by atoms with E-state index < -0.39 is 0 Å². The van der Waals surface area contributed by atoms with Crippen molar-refractivity contribution in [3.05, 3.63) is 29.9 Å². The van der Waals surface area contributed by atoms with E-state index in [0.29, 0.717) is 40.9 Å². The molecule has 3 atom stereocenters. The molecule has 39 heavy (non-hydrogen) atoms. The van der Waals surface area contributed by atoms with Gasteiger partial charge in [-0.05, 0) is 56.9 Å². The molecular weight excluding hydrogens is 516 g/mol. The van der Waals surface area contributed by atoms with E-state index in [1.54, 1.807) is 12.4 Å². The summed E-state index contributed by atoms with van der Waals surface area (Å²) in [5.74, 6) is 2.99. The fraction of sp³-hybridized carbons (Fsp3) is 0.571. The number of fused-ring (bicyclic) bond motifs is 2. The fourth-order valence-corrected chi connectivity index (χ4v) is 6.88. The molecule has 0 radical (unpaired) electrons. The van der Waals surface area contributed by atoms with Crippen LogP contribution in [0.4, 0.5) is 5.95 Å². The second kappa shape index (κ2) is 10.1. The molecule has 1 aliphatic heterocycles. The lowest BCUT2D eigenvalue weighted by atomic mass is 9.83. The van der Waals surface area contributed by atoms with Crippen molar-refractivity contribution in [1.82, 2.24) is 34.6 Å². The Labute approximate surface area is 232 Å². The van der Waals surface area contributed by atoms with Crippen molar-refractivity contribution in [2.24, 2.45) is 11.8 Å². The second-order valence-electron chi connectivity index (χ2n) is 11.5. The van der Waals surface area contributed by atoms with E-state index in [2.05, 4.69) is 38.4 Å². The standard InChI is InChI=1S/C28H33ClN8O2/c1-16-6-8-18(9-7-16)13-36-24-23(19-10-20(29)12-30-11-19)32-27(26-31-15-39-35-26)33-25(24)34-28(36)37-17(2)14-38-22-5-3-4-21(22)37/h10-12,15-18,21-22H,3-9,13-14H2,1-2H3/t16?,17?,18?,21-,22-/m1/s1. The minimum atomic E-state index is 0.201. The van der Waals surface area contributed by atoms with Gasteiger partial charge in [-0.15, -0.1) is 0 Å². The van der Waals surface area contributed by atoms with Crippen molar-refractivity contribution in [3.63, 3.8) is 0 Å². The van der Waals surface area contributed by atoms with Gasteiger partial charge < -0.3 is 18.7 Å². The predicted octanol–water partition coefficient (Wildman–Crippen LogP) is 5.56. The molecule has 7 rings (SSSR count). The first-order valence-corrected chi connectivity index (χ1v) is 14.5. The van der Waals surface area contributed by atoms with Crippen molar-refractivity contribution >= 4 is 28.7 Å². The normalized spacial score (nSPS) is 27.3. The van der Waals surface area contributed by atoms with Crippen LogP contribution in [-0.4, -0.2) is 59.4 Å². The van der Waals surface area contributed by atoms with Crippen LogP contribution in [0, 0.1) is 11.8 Å². The summed E-state index contributed by atoms with van der Waals surface area (Å²) in [5, 5.41) is 4.55. The molecule has 0 amide bonds. The quantitative estimate of drug-likeness (QED) is 0.316. The average molecular weight is 549 g/mol. The Balaban J connectivity index is 1.45. The topological polar surface area (TPSA) is 108 Å². The van der Waals surface area contributed by atoms with Crippen molar-refractivity contribution < 1.29 is 9.26 Å². The maximum atomic E-state index is 6.41. The molecule has 3 fully saturated rings. The smallest absolute Gasteiger partial charge is 0.240 e. The molecule has 0 spiro atoms. The van der Waals surface area contributed by atoms with Crippen molar-refractivity contribution in [2.45, 2.75) is 83.5 Å². The summed E-state index contributed by atoms with van der Waals surface area (Å²) < 4.78 is 13.7. The molecule has 2 aliphatic carbocycles. The van der Waals surface area contributed by atoms with Crippen LogP contribution >= 0.6 is 11.6 Å². The van der Waals surface area contributed by atoms with E-state index in [1.165, 1.54) is 38.5 Å². The van der Waals surface area contributed by atoms with Crippen molar-refractivity contribution in [2.75, 3.05) is 11.5 Å². The van der Waals surface area contributed by atoms with Gasteiger partial charge in [0.25, 0.3) is 0 Å². The SMILES string of the molecule is CC1CCC(Cn2c(N3C(C)CO[C@@H]4CCC[C@H]43)nc3nc(-c4ncon4)nc(-c4cncc(Cl)c4)c32)CC1. The summed E-state index contributed by atoms with van der Waals surface area (Å²) in [4.78, 5) is 26.2. The number of aromatic nitrogens is 7. The molecule has 0 N–H and O–H groups in total. The number of halogens is 1. The van der Waals surface area contributed by atoms with E-state index in [0.717, 1.165) is 48.0 Å². The van der Waals surface area contributed by atoms with Crippen molar-refractivity contribution in [3.8, 4) is 22.9 Å². The van der Waals surface area contributed by atoms with Gasteiger partial charge in [-0.2, -0.15) is 9.97 Å². The van der Waals surface area contributed by atoms with Gasteiger partial charge in [0, 0.05) is 24.5 Å². The van der Waals surface area contributed by atoms with Crippen LogP contribution in [0.5, 0.6) is 0 Å². The third-order valence-corrected chi connectivity index (χ3v) is 8.94. The molecule has 10 nitrogen and oxygen atoms in total. The highest BCUT2D eigenvalue weighted by Gasteiger charge is 2.42. The second-order valence-corrected chi connectivity index (χ2v) is 11.9. The predicted molar refractivity (Wildman–Crippen MR) is 147 cm³/mol. The Morgan fingerprint density at radius 1 is 1.00 bits per heavy atom. The summed E-state index contributed by atoms with van der Waals surface area (Å²) >= 11 is 6.41. The number of imidazole rings is 1. The zero-order valence-electron chi connectivity index (χ0n) is 22.3. The third-order valence-electron chi connectivity index (χ3n) is 8.73. The van der Waals surface area contributed by atoms with Crippen LogP contribution in [-0.2, 0) is 11.3 Å². The minimum Gasteiger partial charge on any atom is -0.374 e. The average Bonchev–Trinajstić information content (AvgIpc) is 3.70. The van der Waals surface area contributed by atoms with E-state index in [9.17, 15) is 0 Å². The number of hydrogen-bond donors (Lipinski definition) is 0. The number of anilines is 1. The van der Waals surface area contributed by atoms with Crippen LogP contribution in [0.3, 0.4) is 0 Å². The molecule has 5 heterocycles. The largest absolute Gasteiger partial charge is 0.374 e. The third kappa shape index (κ3) is 4.57. The molecule has 0 aromatic carbocycles. The number of nitrogens with zero attached hydrogens (tertiary/aromatic N) is 8. The maximum Gasteiger partial charge on any atom is 0.240 e. The van der Waals surface area contributed by atoms with Crippen LogP contribution in [0.15, 0.2) is 29.4 Å². The van der Waals surface area contributed by atoms with Crippen LogP contribution < -0.4 is 4.90 Å². The lowest BCUT2D eigenvalue weighted by molar-refractivity contribution is 0.00642. The molecule has 4 aromatic rings. The molecule has 2 saturated carbocycles. The molecule has 0 bridgehead atoms. The Morgan fingerprint density at radius 2 is 1.87 bits per heavy atom. The number of morpholine rings is 1. The molecular formula is C28H33ClN8O2. The number of ether oxygens (including phenoxy) is 1. The van der Waals surface area contributed by atoms with Gasteiger partial charge in [0.2, 0.25) is 24.0 Å². The first kappa shape index (κ1) is 24.9. The van der Waals surface area contributed by atoms with Gasteiger partial charge in [0.15, 0.2) is 5.65 Å². The first-order chi connectivity index (χ1) is 19.0. The maximum absolute atomic E-state index is 6.41. The Kier molecular flexibility index (Phi) is 6.47. The lowest BCUT2D eigenvalue weighted by Crippen LogP contribution is -2.54. The number of pyridine rings is 1. The van der Waals surface area contributed by atoms with E-state index in [1.807, 2.05) is 6.07 Å². The Bertz CT molecular complexity index is 1470. The van der Waals surface area contributed by atoms with Gasteiger partial charge in [0.05, 0.1) is 29.8 Å². The highest BCUT2D eigenvalue weighted by molar-refractivity contribution is 6.30. The number of hydrogen-bond acceptors (Lipinski definition) is 9. The summed E-state index contributed by atoms with van der Waals surface area (Å²) in [7, 11) is 0. The van der Waals surface area contributed by atoms with Gasteiger partial charge >= 0.3 is 0 Å². The highest BCUT2D eigenvalue weighted by Crippen LogP contribution is 2.40. The summed E-state index contributed by atoms with van der Waals surface area (Å²) in [6, 6.07) is 2.39. The van der Waals surface area contributed by atoms with Crippen LogP contribution in [0.25, 0.3) is 34.1 Å². The van der Waals surface area contributed by atoms with Crippen LogP contribution in [0.1, 0.15) is 58.8 Å².